The average Bonchev–Trinajstić information content (AvgIpc) is 2.55. The number of hydrogen-bond donors (Lipinski definition) is 3. The average molecular weight is 1340 g/mol. The van der Waals surface area contributed by atoms with Crippen molar-refractivity contribution in [2.75, 3.05) is 39.6 Å². The predicted octanol–water partition coefficient (Wildman–Crippen LogP) is 20.3. The fourth-order valence-electron chi connectivity index (χ4n) is 10.0. The van der Waals surface area contributed by atoms with Crippen molar-refractivity contribution in [3.8, 4) is 0 Å². The van der Waals surface area contributed by atoms with Crippen LogP contribution in [-0.4, -0.2) is 96.7 Å². The summed E-state index contributed by atoms with van der Waals surface area (Å²) in [7, 11) is -9.94. The smallest absolute Gasteiger partial charge is 0.462 e. The minimum Gasteiger partial charge on any atom is -0.462 e. The summed E-state index contributed by atoms with van der Waals surface area (Å²) in [4.78, 5) is 72.5. The van der Waals surface area contributed by atoms with Crippen molar-refractivity contribution in [1.82, 2.24) is 0 Å². The Labute approximate surface area is 559 Å². The first kappa shape index (κ1) is 88.8. The van der Waals surface area contributed by atoms with Gasteiger partial charge in [-0.15, -0.1) is 0 Å². The number of unbranched alkanes of at least 4 members (excludes halogenated alkanes) is 34. The maximum atomic E-state index is 13.0. The van der Waals surface area contributed by atoms with Gasteiger partial charge in [-0.1, -0.05) is 307 Å². The van der Waals surface area contributed by atoms with E-state index in [-0.39, 0.29) is 25.7 Å². The normalized spacial score (nSPS) is 14.4. The van der Waals surface area contributed by atoms with Gasteiger partial charge in [-0.3, -0.25) is 37.3 Å². The number of allylic oxidation sites excluding steroid dienone is 9. The Kier molecular flexibility index (Phi) is 64.0. The van der Waals surface area contributed by atoms with Crippen LogP contribution in [-0.2, 0) is 65.4 Å². The van der Waals surface area contributed by atoms with Crippen molar-refractivity contribution >= 4 is 39.5 Å². The molecule has 5 unspecified atom stereocenters. The van der Waals surface area contributed by atoms with E-state index >= 15 is 0 Å². The van der Waals surface area contributed by atoms with Gasteiger partial charge < -0.3 is 33.8 Å². The minimum atomic E-state index is -4.98. The number of ether oxygens (including phenoxy) is 4. The molecule has 0 aromatic rings. The molecule has 0 amide bonds. The zero-order valence-corrected chi connectivity index (χ0v) is 60.0. The monoisotopic (exact) mass is 1340 g/mol. The van der Waals surface area contributed by atoms with Gasteiger partial charge in [0.25, 0.3) is 0 Å². The van der Waals surface area contributed by atoms with E-state index in [0.717, 1.165) is 96.3 Å². The first-order valence-electron chi connectivity index (χ1n) is 36.5. The summed E-state index contributed by atoms with van der Waals surface area (Å²) in [5, 5.41) is 10.6. The van der Waals surface area contributed by atoms with Crippen LogP contribution in [0.4, 0.5) is 0 Å². The third-order valence-electron chi connectivity index (χ3n) is 15.6. The number of carbonyl (C=O) groups excluding carboxylic acids is 4. The summed E-state index contributed by atoms with van der Waals surface area (Å²) in [5.74, 6) is -2.29. The van der Waals surface area contributed by atoms with Gasteiger partial charge in [0.1, 0.15) is 19.3 Å². The van der Waals surface area contributed by atoms with Crippen molar-refractivity contribution in [2.45, 2.75) is 341 Å². The van der Waals surface area contributed by atoms with Crippen LogP contribution in [0.2, 0.25) is 0 Å². The molecule has 0 aliphatic heterocycles. The maximum absolute atomic E-state index is 13.0. The molecule has 0 radical (unpaired) electrons. The Bertz CT molecular complexity index is 1990. The molecule has 19 heteroatoms. The minimum absolute atomic E-state index is 0.0657. The number of carbonyl (C=O) groups is 4. The van der Waals surface area contributed by atoms with Gasteiger partial charge in [0.05, 0.1) is 32.8 Å². The van der Waals surface area contributed by atoms with Crippen molar-refractivity contribution in [2.24, 2.45) is 0 Å². The highest BCUT2D eigenvalue weighted by atomic mass is 31.2. The van der Waals surface area contributed by atoms with Crippen molar-refractivity contribution in [3.05, 3.63) is 60.8 Å². The molecule has 17 nitrogen and oxygen atoms in total. The van der Waals surface area contributed by atoms with Crippen LogP contribution in [0.15, 0.2) is 60.8 Å². The Morgan fingerprint density at radius 1 is 0.315 bits per heavy atom. The van der Waals surface area contributed by atoms with E-state index in [9.17, 15) is 43.2 Å². The number of rotatable bonds is 69. The molecule has 0 spiro atoms. The second-order valence-electron chi connectivity index (χ2n) is 24.5. The molecule has 0 saturated heterocycles. The van der Waals surface area contributed by atoms with Gasteiger partial charge >= 0.3 is 39.5 Å². The van der Waals surface area contributed by atoms with Gasteiger partial charge in [-0.2, -0.15) is 0 Å². The molecule has 0 heterocycles. The van der Waals surface area contributed by atoms with Gasteiger partial charge in [-0.05, 0) is 51.4 Å². The molecule has 92 heavy (non-hydrogen) atoms. The standard InChI is InChI=1S/C73H132O17P2/c1-5-9-13-17-21-25-29-31-33-35-39-41-45-49-53-57-70(75)83-63-68(89-72(77)59-55-51-47-43-37-27-23-19-15-11-7-3)65-87-91(79,80)85-61-67(74)62-86-92(81,82)88-66-69(90-73(78)60-56-52-48-44-38-28-24-20-16-12-8-4)64-84-71(76)58-54-50-46-42-40-36-34-32-30-26-22-18-14-10-6-2/h9,13,21,25,31,33,39,41,49,53,67-69,74H,5-8,10-12,14-20,22-24,26-30,32,34-38,40,42-48,50-52,54-66H2,1-4H3,(H,79,80)(H,81,82)/b13-9-,25-21-,33-31-,41-39-,53-49-. The molecule has 0 aliphatic rings. The van der Waals surface area contributed by atoms with E-state index in [4.69, 9.17) is 37.0 Å². The van der Waals surface area contributed by atoms with E-state index in [1.54, 1.807) is 6.08 Å². The molecule has 0 saturated carbocycles. The molecule has 3 N–H and O–H groups in total. The Morgan fingerprint density at radius 3 is 0.870 bits per heavy atom. The Morgan fingerprint density at radius 2 is 0.565 bits per heavy atom. The van der Waals surface area contributed by atoms with Gasteiger partial charge in [0, 0.05) is 19.3 Å². The summed E-state index contributed by atoms with van der Waals surface area (Å²) in [6, 6.07) is 0. The van der Waals surface area contributed by atoms with Crippen molar-refractivity contribution in [1.29, 1.82) is 0 Å². The molecule has 0 fully saturated rings. The van der Waals surface area contributed by atoms with Crippen LogP contribution in [0.1, 0.15) is 323 Å². The van der Waals surface area contributed by atoms with E-state index < -0.39 is 97.5 Å². The first-order valence-corrected chi connectivity index (χ1v) is 39.5. The van der Waals surface area contributed by atoms with Crippen molar-refractivity contribution in [3.63, 3.8) is 0 Å². The van der Waals surface area contributed by atoms with Gasteiger partial charge in [0.2, 0.25) is 0 Å². The quantitative estimate of drug-likeness (QED) is 0.0169. The number of aliphatic hydroxyl groups excluding tert-OH is 1. The predicted molar refractivity (Wildman–Crippen MR) is 372 cm³/mol. The highest BCUT2D eigenvalue weighted by molar-refractivity contribution is 7.47. The Balaban J connectivity index is 5.32. The van der Waals surface area contributed by atoms with Crippen LogP contribution in [0.5, 0.6) is 0 Å². The molecule has 536 valence electrons. The van der Waals surface area contributed by atoms with Crippen LogP contribution >= 0.6 is 15.6 Å². The van der Waals surface area contributed by atoms with E-state index in [1.165, 1.54) is 148 Å². The van der Waals surface area contributed by atoms with E-state index in [1.807, 2.05) is 18.2 Å². The maximum Gasteiger partial charge on any atom is 0.472 e. The summed E-state index contributed by atoms with van der Waals surface area (Å²) < 4.78 is 68.1. The summed E-state index contributed by atoms with van der Waals surface area (Å²) >= 11 is 0. The summed E-state index contributed by atoms with van der Waals surface area (Å²) in [6.07, 6.45) is 62.6. The fraction of sp³-hybridized carbons (Fsp3) is 0.808. The third kappa shape index (κ3) is 65.4. The number of phosphoric acid groups is 2. The molecule has 0 aromatic heterocycles. The second kappa shape index (κ2) is 66.4. The largest absolute Gasteiger partial charge is 0.472 e. The zero-order valence-electron chi connectivity index (χ0n) is 58.2. The third-order valence-corrected chi connectivity index (χ3v) is 17.5. The molecule has 5 atom stereocenters. The lowest BCUT2D eigenvalue weighted by atomic mass is 10.0. The SMILES string of the molecule is CC/C=C\C/C=C\C/C=C\C/C=C\C/C=C\CC(=O)OCC(COP(=O)(O)OCC(O)COP(=O)(O)OCC(COC(=O)CCCCCCCCCCCCCCCCC)OC(=O)CCCCCCCCCCCCC)OC(=O)CCCCCCCCCCCCC. The van der Waals surface area contributed by atoms with E-state index in [0.29, 0.717) is 25.7 Å². The number of aliphatic hydroxyl groups is 1. The van der Waals surface area contributed by atoms with Crippen LogP contribution in [0.25, 0.3) is 0 Å². The van der Waals surface area contributed by atoms with Crippen LogP contribution < -0.4 is 0 Å². The highest BCUT2D eigenvalue weighted by Crippen LogP contribution is 2.45. The molecule has 0 bridgehead atoms. The number of hydrogen-bond acceptors (Lipinski definition) is 15. The zero-order chi connectivity index (χ0) is 67.5. The lowest BCUT2D eigenvalue weighted by molar-refractivity contribution is -0.161. The molecular formula is C73H132O17P2. The second-order valence-corrected chi connectivity index (χ2v) is 27.5. The highest BCUT2D eigenvalue weighted by Gasteiger charge is 2.30. The van der Waals surface area contributed by atoms with Crippen molar-refractivity contribution < 1.29 is 80.2 Å². The van der Waals surface area contributed by atoms with Crippen LogP contribution in [0, 0.1) is 0 Å². The van der Waals surface area contributed by atoms with Gasteiger partial charge in [0.15, 0.2) is 12.2 Å². The van der Waals surface area contributed by atoms with E-state index in [2.05, 4.69) is 64.2 Å². The lowest BCUT2D eigenvalue weighted by Crippen LogP contribution is -2.30. The Hall–Kier alpha value is -3.24. The van der Waals surface area contributed by atoms with Crippen LogP contribution in [0.3, 0.4) is 0 Å². The van der Waals surface area contributed by atoms with Gasteiger partial charge in [-0.25, -0.2) is 9.13 Å². The fourth-order valence-corrected chi connectivity index (χ4v) is 11.6. The summed E-state index contributed by atoms with van der Waals surface area (Å²) in [5.41, 5.74) is 0. The summed E-state index contributed by atoms with van der Waals surface area (Å²) in [6.45, 7) is 4.67. The first-order chi connectivity index (χ1) is 44.7. The molecule has 0 aliphatic carbocycles. The molecule has 0 aromatic carbocycles. The number of phosphoric ester groups is 2. The number of esters is 4. The lowest BCUT2D eigenvalue weighted by Gasteiger charge is -2.21. The molecule has 0 rings (SSSR count). The topological polar surface area (TPSA) is 237 Å². The molecular weight excluding hydrogens is 1210 g/mol.